The minimum absolute atomic E-state index is 0.112. The van der Waals surface area contributed by atoms with Crippen molar-refractivity contribution in [3.63, 3.8) is 0 Å². The summed E-state index contributed by atoms with van der Waals surface area (Å²) in [5, 5.41) is 10.0. The summed E-state index contributed by atoms with van der Waals surface area (Å²) in [6, 6.07) is 0. The number of H-pyrrole nitrogens is 1. The van der Waals surface area contributed by atoms with Crippen LogP contribution >= 0.6 is 0 Å². The van der Waals surface area contributed by atoms with Gasteiger partial charge in [0.15, 0.2) is 5.56 Å². The van der Waals surface area contributed by atoms with E-state index in [0.717, 1.165) is 0 Å². The highest BCUT2D eigenvalue weighted by Crippen LogP contribution is 2.22. The fourth-order valence-corrected chi connectivity index (χ4v) is 1.41. The molecule has 0 unspecified atom stereocenters. The quantitative estimate of drug-likeness (QED) is 0.720. The molecule has 7 nitrogen and oxygen atoms in total. The smallest absolute Gasteiger partial charge is 0.347 e. The lowest BCUT2D eigenvalue weighted by atomic mass is 10.2. The van der Waals surface area contributed by atoms with Crippen molar-refractivity contribution < 1.29 is 14.6 Å². The van der Waals surface area contributed by atoms with Gasteiger partial charge in [0.2, 0.25) is 0 Å². The number of fused-ring (bicyclic) bond motifs is 1. The van der Waals surface area contributed by atoms with Crippen molar-refractivity contribution in [2.75, 3.05) is 6.61 Å². The Morgan fingerprint density at radius 1 is 1.59 bits per heavy atom. The van der Waals surface area contributed by atoms with Crippen molar-refractivity contribution >= 4 is 17.0 Å². The molecule has 2 aromatic heterocycles. The molecule has 2 rings (SSSR count). The molecule has 0 saturated heterocycles. The van der Waals surface area contributed by atoms with Crippen LogP contribution in [0.4, 0.5) is 0 Å². The van der Waals surface area contributed by atoms with E-state index in [1.807, 2.05) is 0 Å². The molecule has 0 fully saturated rings. The van der Waals surface area contributed by atoms with E-state index in [1.54, 1.807) is 6.92 Å². The van der Waals surface area contributed by atoms with Gasteiger partial charge in [0, 0.05) is 6.20 Å². The van der Waals surface area contributed by atoms with Crippen LogP contribution in [0.3, 0.4) is 0 Å². The lowest BCUT2D eigenvalue weighted by Crippen LogP contribution is -2.20. The van der Waals surface area contributed by atoms with Gasteiger partial charge >= 0.3 is 5.97 Å². The van der Waals surface area contributed by atoms with Gasteiger partial charge in [-0.25, -0.2) is 14.8 Å². The largest absolute Gasteiger partial charge is 0.506 e. The van der Waals surface area contributed by atoms with Crippen molar-refractivity contribution in [2.45, 2.75) is 6.92 Å². The summed E-state index contributed by atoms with van der Waals surface area (Å²) in [6.07, 6.45) is 2.53. The molecule has 0 atom stereocenters. The van der Waals surface area contributed by atoms with E-state index >= 15 is 0 Å². The maximum atomic E-state index is 11.6. The van der Waals surface area contributed by atoms with Gasteiger partial charge in [0.05, 0.1) is 12.0 Å². The number of aromatic amines is 1. The Balaban J connectivity index is 2.72. The zero-order chi connectivity index (χ0) is 12.4. The first-order chi connectivity index (χ1) is 8.15. The van der Waals surface area contributed by atoms with E-state index < -0.39 is 22.8 Å². The Labute approximate surface area is 95.1 Å². The van der Waals surface area contributed by atoms with E-state index in [4.69, 9.17) is 0 Å². The van der Waals surface area contributed by atoms with E-state index in [-0.39, 0.29) is 17.6 Å². The highest BCUT2D eigenvalue weighted by Gasteiger charge is 2.20. The van der Waals surface area contributed by atoms with Gasteiger partial charge in [-0.05, 0) is 6.92 Å². The van der Waals surface area contributed by atoms with Crippen molar-refractivity contribution in [2.24, 2.45) is 0 Å². The van der Waals surface area contributed by atoms with E-state index in [9.17, 15) is 14.7 Å². The summed E-state index contributed by atoms with van der Waals surface area (Å²) >= 11 is 0. The second-order valence-electron chi connectivity index (χ2n) is 3.18. The third-order valence-electron chi connectivity index (χ3n) is 2.14. The molecular formula is C10H9N3O4. The molecule has 2 N–H and O–H groups in total. The molecule has 0 spiro atoms. The van der Waals surface area contributed by atoms with E-state index in [1.165, 1.54) is 12.5 Å². The molecule has 0 aliphatic carbocycles. The molecule has 7 heteroatoms. The van der Waals surface area contributed by atoms with Crippen LogP contribution in [0, 0.1) is 0 Å². The van der Waals surface area contributed by atoms with E-state index in [2.05, 4.69) is 19.7 Å². The summed E-state index contributed by atoms with van der Waals surface area (Å²) < 4.78 is 4.68. The molecule has 2 aromatic rings. The van der Waals surface area contributed by atoms with Crippen LogP contribution in [0.25, 0.3) is 11.0 Å². The van der Waals surface area contributed by atoms with Crippen LogP contribution in [0.15, 0.2) is 17.3 Å². The number of nitrogens with one attached hydrogen (secondary N) is 1. The van der Waals surface area contributed by atoms with Crippen molar-refractivity contribution in [1.29, 1.82) is 0 Å². The Kier molecular flexibility index (Phi) is 2.73. The molecule has 0 aliphatic rings. The molecule has 17 heavy (non-hydrogen) atoms. The second-order valence-corrected chi connectivity index (χ2v) is 3.18. The normalized spacial score (nSPS) is 10.4. The first-order valence-electron chi connectivity index (χ1n) is 4.87. The van der Waals surface area contributed by atoms with Crippen LogP contribution in [0.1, 0.15) is 17.3 Å². The predicted molar refractivity (Wildman–Crippen MR) is 57.8 cm³/mol. The summed E-state index contributed by atoms with van der Waals surface area (Å²) in [6.45, 7) is 1.72. The first kappa shape index (κ1) is 11.1. The van der Waals surface area contributed by atoms with Crippen LogP contribution in [0.5, 0.6) is 5.75 Å². The van der Waals surface area contributed by atoms with Crippen LogP contribution in [0.2, 0.25) is 0 Å². The number of nitrogens with zero attached hydrogens (tertiary/aromatic N) is 2. The number of aromatic nitrogens is 3. The molecule has 0 radical (unpaired) electrons. The lowest BCUT2D eigenvalue weighted by molar-refractivity contribution is 0.0521. The molecule has 88 valence electrons. The average Bonchev–Trinajstić information content (AvgIpc) is 2.29. The van der Waals surface area contributed by atoms with Gasteiger partial charge in [-0.15, -0.1) is 0 Å². The van der Waals surface area contributed by atoms with Crippen molar-refractivity contribution in [3.8, 4) is 5.75 Å². The molecule has 0 saturated carbocycles. The van der Waals surface area contributed by atoms with Crippen molar-refractivity contribution in [3.05, 3.63) is 28.4 Å². The third kappa shape index (κ3) is 1.82. The van der Waals surface area contributed by atoms with Crippen LogP contribution in [-0.2, 0) is 4.74 Å². The topological polar surface area (TPSA) is 105 Å². The number of pyridine rings is 1. The summed E-state index contributed by atoms with van der Waals surface area (Å²) in [5.74, 6) is -1.35. The number of rotatable bonds is 2. The van der Waals surface area contributed by atoms with Gasteiger partial charge in [0.25, 0.3) is 5.56 Å². The Hall–Kier alpha value is -2.44. The zero-order valence-corrected chi connectivity index (χ0v) is 8.93. The zero-order valence-electron chi connectivity index (χ0n) is 8.93. The first-order valence-corrected chi connectivity index (χ1v) is 4.87. The highest BCUT2D eigenvalue weighted by atomic mass is 16.5. The molecule has 0 amide bonds. The van der Waals surface area contributed by atoms with Crippen LogP contribution in [-0.4, -0.2) is 32.6 Å². The highest BCUT2D eigenvalue weighted by molar-refractivity contribution is 5.98. The molecule has 0 aromatic carbocycles. The summed E-state index contributed by atoms with van der Waals surface area (Å²) in [5.41, 5.74) is -1.02. The van der Waals surface area contributed by atoms with Gasteiger partial charge in [0.1, 0.15) is 17.7 Å². The minimum atomic E-state index is -0.878. The number of aromatic hydroxyl groups is 1. The fraction of sp³-hybridized carbons (Fsp3) is 0.200. The molecule has 0 bridgehead atoms. The number of carbonyl (C=O) groups excluding carboxylic acids is 1. The maximum absolute atomic E-state index is 11.6. The monoisotopic (exact) mass is 235 g/mol. The average molecular weight is 235 g/mol. The lowest BCUT2D eigenvalue weighted by Gasteiger charge is -2.05. The Morgan fingerprint density at radius 2 is 2.35 bits per heavy atom. The number of esters is 1. The van der Waals surface area contributed by atoms with E-state index in [0.29, 0.717) is 0 Å². The van der Waals surface area contributed by atoms with Crippen molar-refractivity contribution in [1.82, 2.24) is 15.0 Å². The number of hydrogen-bond acceptors (Lipinski definition) is 6. The predicted octanol–water partition coefficient (Wildman–Crippen LogP) is 0.200. The molecular weight excluding hydrogens is 226 g/mol. The Bertz CT molecular complexity index is 635. The van der Waals surface area contributed by atoms with Gasteiger partial charge in [-0.1, -0.05) is 0 Å². The Morgan fingerprint density at radius 3 is 3.06 bits per heavy atom. The van der Waals surface area contributed by atoms with Gasteiger partial charge < -0.3 is 14.8 Å². The SMILES string of the molecule is CCOC(=O)c1c(O)c2cncnc2[nH]c1=O. The van der Waals surface area contributed by atoms with Gasteiger partial charge in [-0.2, -0.15) is 0 Å². The molecule has 0 aliphatic heterocycles. The van der Waals surface area contributed by atoms with Gasteiger partial charge in [-0.3, -0.25) is 4.79 Å². The second kappa shape index (κ2) is 4.20. The maximum Gasteiger partial charge on any atom is 0.347 e. The number of carbonyl (C=O) groups is 1. The number of ether oxygens (including phenoxy) is 1. The summed E-state index contributed by atoms with van der Waals surface area (Å²) in [7, 11) is 0. The fourth-order valence-electron chi connectivity index (χ4n) is 1.41. The minimum Gasteiger partial charge on any atom is -0.506 e. The van der Waals surface area contributed by atoms with Crippen LogP contribution < -0.4 is 5.56 Å². The number of hydrogen-bond donors (Lipinski definition) is 2. The standard InChI is InChI=1S/C10H9N3O4/c1-2-17-10(16)6-7(14)5-3-11-4-12-8(5)13-9(6)15/h3-4H,2H2,1H3,(H2,11,12,13,14,15). The molecule has 2 heterocycles. The third-order valence-corrected chi connectivity index (χ3v) is 2.14. The summed E-state index contributed by atoms with van der Waals surface area (Å²) in [4.78, 5) is 32.9.